The molecule has 0 spiro atoms. The van der Waals surface area contributed by atoms with E-state index < -0.39 is 0 Å². The van der Waals surface area contributed by atoms with Gasteiger partial charge in [0.25, 0.3) is 0 Å². The van der Waals surface area contributed by atoms with Crippen LogP contribution in [0.3, 0.4) is 0 Å². The maximum absolute atomic E-state index is 5.25. The van der Waals surface area contributed by atoms with Gasteiger partial charge < -0.3 is 14.8 Å². The number of methoxy groups -OCH3 is 2. The van der Waals surface area contributed by atoms with Crippen molar-refractivity contribution < 1.29 is 9.47 Å². The van der Waals surface area contributed by atoms with Crippen LogP contribution in [-0.4, -0.2) is 29.2 Å². The number of anilines is 1. The Balaban J connectivity index is 1.67. The van der Waals surface area contributed by atoms with Gasteiger partial charge in [0.1, 0.15) is 22.7 Å². The summed E-state index contributed by atoms with van der Waals surface area (Å²) >= 11 is 1.61. The maximum atomic E-state index is 5.25. The fourth-order valence-corrected chi connectivity index (χ4v) is 3.77. The smallest absolute Gasteiger partial charge is 0.213 e. The number of nitrogens with zero attached hydrogens (tertiary/aromatic N) is 3. The summed E-state index contributed by atoms with van der Waals surface area (Å²) in [6.07, 6.45) is 3.32. The van der Waals surface area contributed by atoms with Crippen molar-refractivity contribution in [1.82, 2.24) is 15.0 Å². The van der Waals surface area contributed by atoms with E-state index in [1.807, 2.05) is 36.4 Å². The molecular weight excluding hydrogens is 360 g/mol. The molecule has 6 nitrogen and oxygen atoms in total. The molecule has 4 aromatic rings. The van der Waals surface area contributed by atoms with E-state index in [9.17, 15) is 0 Å². The highest BCUT2D eigenvalue weighted by molar-refractivity contribution is 7.17. The summed E-state index contributed by atoms with van der Waals surface area (Å²) in [5.41, 5.74) is 3.27. The average molecular weight is 378 g/mol. The van der Waals surface area contributed by atoms with E-state index >= 15 is 0 Å². The van der Waals surface area contributed by atoms with Gasteiger partial charge >= 0.3 is 0 Å². The molecule has 0 saturated heterocycles. The lowest BCUT2D eigenvalue weighted by molar-refractivity contribution is 0.397. The molecular formula is C20H18N4O2S. The molecule has 1 N–H and O–H groups in total. The first-order valence-electron chi connectivity index (χ1n) is 8.38. The van der Waals surface area contributed by atoms with Gasteiger partial charge in [0.15, 0.2) is 0 Å². The predicted molar refractivity (Wildman–Crippen MR) is 108 cm³/mol. The number of benzene rings is 1. The maximum Gasteiger partial charge on any atom is 0.213 e. The number of rotatable bonds is 6. The second kappa shape index (κ2) is 7.59. The summed E-state index contributed by atoms with van der Waals surface area (Å²) in [6.45, 7) is 0.614. The predicted octanol–water partition coefficient (Wildman–Crippen LogP) is 4.38. The van der Waals surface area contributed by atoms with Crippen LogP contribution in [-0.2, 0) is 6.54 Å². The third kappa shape index (κ3) is 3.54. The number of thiophene rings is 1. The van der Waals surface area contributed by atoms with Crippen LogP contribution in [0, 0.1) is 0 Å². The minimum Gasteiger partial charge on any atom is -0.497 e. The number of pyridine rings is 1. The average Bonchev–Trinajstić information content (AvgIpc) is 3.17. The lowest BCUT2D eigenvalue weighted by Crippen LogP contribution is -2.03. The fraction of sp³-hybridized carbons (Fsp3) is 0.150. The Bertz CT molecular complexity index is 1060. The SMILES string of the molecule is COc1ccc(-c2csc3ncnc(NCc4ccnc(OC)c4)c23)cc1. The summed E-state index contributed by atoms with van der Waals surface area (Å²) in [6, 6.07) is 11.9. The molecule has 0 radical (unpaired) electrons. The Labute approximate surface area is 160 Å². The lowest BCUT2D eigenvalue weighted by atomic mass is 10.1. The van der Waals surface area contributed by atoms with Gasteiger partial charge in [-0.3, -0.25) is 0 Å². The molecule has 0 saturated carbocycles. The normalized spacial score (nSPS) is 10.7. The summed E-state index contributed by atoms with van der Waals surface area (Å²) in [4.78, 5) is 14.0. The van der Waals surface area contributed by atoms with Crippen molar-refractivity contribution in [2.75, 3.05) is 19.5 Å². The minimum absolute atomic E-state index is 0.594. The highest BCUT2D eigenvalue weighted by Gasteiger charge is 2.13. The van der Waals surface area contributed by atoms with E-state index in [1.54, 1.807) is 38.1 Å². The van der Waals surface area contributed by atoms with E-state index in [2.05, 4.69) is 25.6 Å². The van der Waals surface area contributed by atoms with Gasteiger partial charge in [-0.25, -0.2) is 15.0 Å². The number of hydrogen-bond donors (Lipinski definition) is 1. The number of nitrogens with one attached hydrogen (secondary N) is 1. The van der Waals surface area contributed by atoms with E-state index in [1.165, 1.54) is 0 Å². The third-order valence-corrected chi connectivity index (χ3v) is 5.13. The fourth-order valence-electron chi connectivity index (χ4n) is 2.85. The molecule has 0 bridgehead atoms. The quantitative estimate of drug-likeness (QED) is 0.537. The largest absolute Gasteiger partial charge is 0.497 e. The summed E-state index contributed by atoms with van der Waals surface area (Å²) in [7, 11) is 3.28. The first-order valence-corrected chi connectivity index (χ1v) is 9.26. The standard InChI is InChI=1S/C20H18N4O2S/c1-25-15-5-3-14(4-6-15)16-11-27-20-18(16)19(23-12-24-20)22-10-13-7-8-21-17(9-13)26-2/h3-9,11-12H,10H2,1-2H3,(H,22,23,24). The van der Waals surface area contributed by atoms with Crippen molar-refractivity contribution in [2.24, 2.45) is 0 Å². The Kier molecular flexibility index (Phi) is 4.84. The molecule has 136 valence electrons. The van der Waals surface area contributed by atoms with Crippen LogP contribution in [0.25, 0.3) is 21.3 Å². The Morgan fingerprint density at radius 2 is 1.85 bits per heavy atom. The Morgan fingerprint density at radius 3 is 2.63 bits per heavy atom. The molecule has 4 rings (SSSR count). The summed E-state index contributed by atoms with van der Waals surface area (Å²) < 4.78 is 10.4. The van der Waals surface area contributed by atoms with Crippen molar-refractivity contribution in [1.29, 1.82) is 0 Å². The summed E-state index contributed by atoms with van der Waals surface area (Å²) in [5, 5.41) is 6.56. The van der Waals surface area contributed by atoms with Crippen molar-refractivity contribution in [3.8, 4) is 22.8 Å². The third-order valence-electron chi connectivity index (χ3n) is 4.24. The lowest BCUT2D eigenvalue weighted by Gasteiger charge is -2.09. The first-order chi connectivity index (χ1) is 13.3. The number of aromatic nitrogens is 3. The second-order valence-corrected chi connectivity index (χ2v) is 6.70. The van der Waals surface area contributed by atoms with Gasteiger partial charge in [-0.1, -0.05) is 12.1 Å². The zero-order chi connectivity index (χ0) is 18.6. The van der Waals surface area contributed by atoms with Crippen LogP contribution in [0.2, 0.25) is 0 Å². The Morgan fingerprint density at radius 1 is 1.00 bits per heavy atom. The van der Waals surface area contributed by atoms with Crippen LogP contribution < -0.4 is 14.8 Å². The van der Waals surface area contributed by atoms with Gasteiger partial charge in [-0.2, -0.15) is 0 Å². The van der Waals surface area contributed by atoms with E-state index in [4.69, 9.17) is 9.47 Å². The van der Waals surface area contributed by atoms with Gasteiger partial charge in [0, 0.05) is 29.8 Å². The number of fused-ring (bicyclic) bond motifs is 1. The zero-order valence-electron chi connectivity index (χ0n) is 15.0. The number of hydrogen-bond acceptors (Lipinski definition) is 7. The van der Waals surface area contributed by atoms with Crippen LogP contribution >= 0.6 is 11.3 Å². The molecule has 0 fully saturated rings. The van der Waals surface area contributed by atoms with Crippen molar-refractivity contribution >= 4 is 27.4 Å². The molecule has 7 heteroatoms. The monoisotopic (exact) mass is 378 g/mol. The second-order valence-electron chi connectivity index (χ2n) is 5.84. The van der Waals surface area contributed by atoms with E-state index in [-0.39, 0.29) is 0 Å². The molecule has 1 aromatic carbocycles. The van der Waals surface area contributed by atoms with Crippen molar-refractivity contribution in [3.05, 3.63) is 59.9 Å². The first kappa shape index (κ1) is 17.2. The number of ether oxygens (including phenoxy) is 2. The van der Waals surface area contributed by atoms with E-state index in [0.717, 1.165) is 38.5 Å². The molecule has 0 unspecified atom stereocenters. The highest BCUT2D eigenvalue weighted by Crippen LogP contribution is 2.37. The molecule has 0 aliphatic heterocycles. The highest BCUT2D eigenvalue weighted by atomic mass is 32.1. The molecule has 0 aliphatic carbocycles. The molecule has 27 heavy (non-hydrogen) atoms. The van der Waals surface area contributed by atoms with Crippen LogP contribution in [0.4, 0.5) is 5.82 Å². The van der Waals surface area contributed by atoms with Crippen LogP contribution in [0.15, 0.2) is 54.3 Å². The molecule has 0 atom stereocenters. The van der Waals surface area contributed by atoms with Crippen LogP contribution in [0.5, 0.6) is 11.6 Å². The van der Waals surface area contributed by atoms with E-state index in [0.29, 0.717) is 12.4 Å². The zero-order valence-corrected chi connectivity index (χ0v) is 15.8. The topological polar surface area (TPSA) is 69.2 Å². The van der Waals surface area contributed by atoms with Gasteiger partial charge in [-0.15, -0.1) is 11.3 Å². The van der Waals surface area contributed by atoms with Crippen LogP contribution in [0.1, 0.15) is 5.56 Å². The van der Waals surface area contributed by atoms with Gasteiger partial charge in [0.2, 0.25) is 5.88 Å². The summed E-state index contributed by atoms with van der Waals surface area (Å²) in [5.74, 6) is 2.24. The molecule has 3 heterocycles. The van der Waals surface area contributed by atoms with Crippen molar-refractivity contribution in [2.45, 2.75) is 6.54 Å². The van der Waals surface area contributed by atoms with Gasteiger partial charge in [0.05, 0.1) is 19.6 Å². The van der Waals surface area contributed by atoms with Gasteiger partial charge in [-0.05, 0) is 29.3 Å². The molecule has 0 aliphatic rings. The van der Waals surface area contributed by atoms with Crippen molar-refractivity contribution in [3.63, 3.8) is 0 Å². The molecule has 3 aromatic heterocycles. The minimum atomic E-state index is 0.594. The Hall–Kier alpha value is -3.19. The molecule has 0 amide bonds.